The fraction of sp³-hybridized carbons (Fsp3) is 0.400. The van der Waals surface area contributed by atoms with Crippen molar-refractivity contribution in [2.24, 2.45) is 0 Å². The van der Waals surface area contributed by atoms with E-state index >= 15 is 0 Å². The molecule has 0 bridgehead atoms. The van der Waals surface area contributed by atoms with Crippen molar-refractivity contribution < 1.29 is 31.5 Å². The molecule has 1 heterocycles. The Morgan fingerprint density at radius 3 is 2.50 bits per heavy atom. The summed E-state index contributed by atoms with van der Waals surface area (Å²) in [7, 11) is 0. The first-order valence-electron chi connectivity index (χ1n) is 4.79. The lowest BCUT2D eigenvalue weighted by molar-refractivity contribution is -0.143. The van der Waals surface area contributed by atoms with Crippen LogP contribution in [0.25, 0.3) is 0 Å². The van der Waals surface area contributed by atoms with Crippen molar-refractivity contribution in [1.82, 2.24) is 4.98 Å². The van der Waals surface area contributed by atoms with Crippen molar-refractivity contribution in [2.45, 2.75) is 19.5 Å². The number of rotatable bonds is 3. The van der Waals surface area contributed by atoms with Crippen molar-refractivity contribution in [3.63, 3.8) is 0 Å². The Bertz CT molecular complexity index is 444. The quantitative estimate of drug-likeness (QED) is 0.624. The van der Waals surface area contributed by atoms with Crippen LogP contribution in [-0.2, 0) is 10.9 Å². The van der Waals surface area contributed by atoms with Gasteiger partial charge in [-0.3, -0.25) is 4.98 Å². The van der Waals surface area contributed by atoms with Gasteiger partial charge in [0.2, 0.25) is 0 Å². The minimum Gasteiger partial charge on any atom is -0.462 e. The highest BCUT2D eigenvalue weighted by Gasteiger charge is 2.38. The second-order valence-electron chi connectivity index (χ2n) is 3.18. The molecule has 0 spiro atoms. The highest BCUT2D eigenvalue weighted by molar-refractivity contribution is 5.89. The van der Waals surface area contributed by atoms with Crippen LogP contribution in [0.5, 0.6) is 0 Å². The van der Waals surface area contributed by atoms with Gasteiger partial charge in [0.15, 0.2) is 5.69 Å². The summed E-state index contributed by atoms with van der Waals surface area (Å²) in [4.78, 5) is 14.1. The lowest BCUT2D eigenvalue weighted by atomic mass is 10.1. The first-order valence-corrected chi connectivity index (χ1v) is 4.79. The van der Waals surface area contributed by atoms with Crippen molar-refractivity contribution in [1.29, 1.82) is 0 Å². The number of carbonyl (C=O) groups is 1. The summed E-state index contributed by atoms with van der Waals surface area (Å²) in [5.74, 6) is -0.999. The van der Waals surface area contributed by atoms with Gasteiger partial charge >= 0.3 is 12.1 Å². The lowest BCUT2D eigenvalue weighted by Gasteiger charge is -2.12. The van der Waals surface area contributed by atoms with Crippen LogP contribution in [0.2, 0.25) is 0 Å². The molecule has 1 aromatic heterocycles. The van der Waals surface area contributed by atoms with E-state index in [1.54, 1.807) is 0 Å². The van der Waals surface area contributed by atoms with E-state index in [1.165, 1.54) is 6.92 Å². The number of aromatic nitrogens is 1. The van der Waals surface area contributed by atoms with Gasteiger partial charge in [0.25, 0.3) is 6.43 Å². The summed E-state index contributed by atoms with van der Waals surface area (Å²) < 4.78 is 66.6. The molecule has 8 heteroatoms. The standard InChI is InChI=1S/C10H8F5NO2/c1-2-18-9(17)5-3-6(8(11)12)7(16-4-5)10(13,14)15/h3-4,8H,2H2,1H3. The van der Waals surface area contributed by atoms with E-state index in [-0.39, 0.29) is 6.61 Å². The third kappa shape index (κ3) is 3.14. The van der Waals surface area contributed by atoms with Crippen LogP contribution >= 0.6 is 0 Å². The van der Waals surface area contributed by atoms with Gasteiger partial charge in [0.05, 0.1) is 12.2 Å². The third-order valence-corrected chi connectivity index (χ3v) is 1.93. The van der Waals surface area contributed by atoms with Crippen molar-refractivity contribution in [2.75, 3.05) is 6.61 Å². The monoisotopic (exact) mass is 269 g/mol. The summed E-state index contributed by atoms with van der Waals surface area (Å²) in [6, 6.07) is 0.443. The molecule has 3 nitrogen and oxygen atoms in total. The number of pyridine rings is 1. The minimum atomic E-state index is -5.00. The highest BCUT2D eigenvalue weighted by atomic mass is 19.4. The molecule has 0 atom stereocenters. The molecule has 100 valence electrons. The molecule has 0 aromatic carbocycles. The fourth-order valence-electron chi connectivity index (χ4n) is 1.21. The minimum absolute atomic E-state index is 0.0239. The molecule has 0 N–H and O–H groups in total. The Balaban J connectivity index is 3.24. The van der Waals surface area contributed by atoms with Crippen molar-refractivity contribution in [3.05, 3.63) is 29.1 Å². The van der Waals surface area contributed by atoms with Crippen molar-refractivity contribution >= 4 is 5.97 Å². The maximum Gasteiger partial charge on any atom is 0.433 e. The largest absolute Gasteiger partial charge is 0.462 e. The van der Waals surface area contributed by atoms with E-state index in [9.17, 15) is 26.7 Å². The summed E-state index contributed by atoms with van der Waals surface area (Å²) in [6.45, 7) is 1.45. The SMILES string of the molecule is CCOC(=O)c1cnc(C(F)(F)F)c(C(F)F)c1. The van der Waals surface area contributed by atoms with Crippen LogP contribution in [0.15, 0.2) is 12.3 Å². The first kappa shape index (κ1) is 14.3. The molecule has 0 radical (unpaired) electrons. The van der Waals surface area contributed by atoms with Crippen LogP contribution in [-0.4, -0.2) is 17.6 Å². The van der Waals surface area contributed by atoms with E-state index in [0.717, 1.165) is 0 Å². The van der Waals surface area contributed by atoms with E-state index in [1.807, 2.05) is 0 Å². The number of hydrogen-bond donors (Lipinski definition) is 0. The number of halogens is 5. The van der Waals surface area contributed by atoms with Gasteiger partial charge in [-0.25, -0.2) is 13.6 Å². The van der Waals surface area contributed by atoms with E-state index in [0.29, 0.717) is 12.3 Å². The molecule has 0 amide bonds. The lowest BCUT2D eigenvalue weighted by Crippen LogP contribution is -2.15. The predicted octanol–water partition coefficient (Wildman–Crippen LogP) is 3.21. The average molecular weight is 269 g/mol. The van der Waals surface area contributed by atoms with Crippen LogP contribution < -0.4 is 0 Å². The Kier molecular flexibility index (Phi) is 4.20. The zero-order valence-electron chi connectivity index (χ0n) is 9.09. The van der Waals surface area contributed by atoms with Gasteiger partial charge < -0.3 is 4.74 Å². The Hall–Kier alpha value is -1.73. The number of esters is 1. The Morgan fingerprint density at radius 2 is 2.06 bits per heavy atom. The molecule has 1 rings (SSSR count). The van der Waals surface area contributed by atoms with Gasteiger partial charge in [-0.15, -0.1) is 0 Å². The number of hydrogen-bond acceptors (Lipinski definition) is 3. The predicted molar refractivity (Wildman–Crippen MR) is 50.2 cm³/mol. The molecule has 0 aliphatic carbocycles. The highest BCUT2D eigenvalue weighted by Crippen LogP contribution is 2.35. The van der Waals surface area contributed by atoms with Gasteiger partial charge in [-0.2, -0.15) is 13.2 Å². The molecule has 0 aliphatic rings. The Morgan fingerprint density at radius 1 is 1.44 bits per heavy atom. The molecule has 18 heavy (non-hydrogen) atoms. The smallest absolute Gasteiger partial charge is 0.433 e. The molecule has 0 saturated heterocycles. The average Bonchev–Trinajstić information content (AvgIpc) is 2.27. The second kappa shape index (κ2) is 5.28. The van der Waals surface area contributed by atoms with Crippen LogP contribution in [0, 0.1) is 0 Å². The summed E-state index contributed by atoms with van der Waals surface area (Å²) in [5.41, 5.74) is -3.49. The van der Waals surface area contributed by atoms with E-state index in [2.05, 4.69) is 9.72 Å². The zero-order chi connectivity index (χ0) is 13.9. The summed E-state index contributed by atoms with van der Waals surface area (Å²) in [6.07, 6.45) is -7.82. The van der Waals surface area contributed by atoms with Gasteiger partial charge in [-0.05, 0) is 13.0 Å². The molecular formula is C10H8F5NO2. The van der Waals surface area contributed by atoms with Gasteiger partial charge in [0, 0.05) is 11.8 Å². The van der Waals surface area contributed by atoms with Crippen LogP contribution in [0.4, 0.5) is 22.0 Å². The third-order valence-electron chi connectivity index (χ3n) is 1.93. The summed E-state index contributed by atoms with van der Waals surface area (Å²) in [5, 5.41) is 0. The fourth-order valence-corrected chi connectivity index (χ4v) is 1.21. The Labute approximate surface area is 98.6 Å². The molecule has 0 fully saturated rings. The van der Waals surface area contributed by atoms with E-state index < -0.39 is 35.4 Å². The number of alkyl halides is 5. The molecule has 0 unspecified atom stereocenters. The second-order valence-corrected chi connectivity index (χ2v) is 3.18. The van der Waals surface area contributed by atoms with Crippen LogP contribution in [0.3, 0.4) is 0 Å². The normalized spacial score (nSPS) is 11.7. The van der Waals surface area contributed by atoms with E-state index in [4.69, 9.17) is 0 Å². The van der Waals surface area contributed by atoms with Gasteiger partial charge in [-0.1, -0.05) is 0 Å². The first-order chi connectivity index (χ1) is 8.27. The molecule has 0 aliphatic heterocycles. The van der Waals surface area contributed by atoms with Crippen LogP contribution in [0.1, 0.15) is 35.0 Å². The maximum atomic E-state index is 12.5. The number of ether oxygens (including phenoxy) is 1. The topological polar surface area (TPSA) is 39.2 Å². The molecule has 0 saturated carbocycles. The van der Waals surface area contributed by atoms with Gasteiger partial charge in [0.1, 0.15) is 0 Å². The number of nitrogens with zero attached hydrogens (tertiary/aromatic N) is 1. The maximum absolute atomic E-state index is 12.5. The van der Waals surface area contributed by atoms with Crippen molar-refractivity contribution in [3.8, 4) is 0 Å². The summed E-state index contributed by atoms with van der Waals surface area (Å²) >= 11 is 0. The zero-order valence-corrected chi connectivity index (χ0v) is 9.09. The molecule has 1 aromatic rings. The molecular weight excluding hydrogens is 261 g/mol. The number of carbonyl (C=O) groups excluding carboxylic acids is 1.